The molecule has 0 radical (unpaired) electrons. The molecule has 2 amide bonds. The van der Waals surface area contributed by atoms with E-state index in [1.165, 1.54) is 23.1 Å². The Hall–Kier alpha value is -3.04. The molecule has 2 N–H and O–H groups in total. The standard InChI is InChI=1S/C22H23N3O4S2/c1-3-29-19-10-5-4-9-18(19)25-20(26)12-16-13-30-22(24-16)31-14-21(27)23-15-7-6-8-17(11-15)28-2/h4-11,13H,3,12,14H2,1-2H3,(H,23,27)(H,25,26). The first-order valence-corrected chi connectivity index (χ1v) is 11.5. The van der Waals surface area contributed by atoms with Gasteiger partial charge < -0.3 is 20.1 Å². The van der Waals surface area contributed by atoms with Gasteiger partial charge in [0.2, 0.25) is 11.8 Å². The fourth-order valence-electron chi connectivity index (χ4n) is 2.67. The molecule has 2 aromatic carbocycles. The van der Waals surface area contributed by atoms with Crippen LogP contribution in [0.25, 0.3) is 0 Å². The molecule has 0 unspecified atom stereocenters. The summed E-state index contributed by atoms with van der Waals surface area (Å²) in [6, 6.07) is 14.5. The minimum absolute atomic E-state index is 0.139. The zero-order valence-electron chi connectivity index (χ0n) is 17.2. The molecule has 1 heterocycles. The van der Waals surface area contributed by atoms with Crippen molar-refractivity contribution >= 4 is 46.3 Å². The van der Waals surface area contributed by atoms with Crippen molar-refractivity contribution in [2.45, 2.75) is 17.7 Å². The van der Waals surface area contributed by atoms with Crippen molar-refractivity contribution in [3.05, 3.63) is 59.6 Å². The first-order chi connectivity index (χ1) is 15.1. The molecule has 31 heavy (non-hydrogen) atoms. The fourth-order valence-corrected chi connectivity index (χ4v) is 4.32. The Kier molecular flexibility index (Phi) is 8.31. The van der Waals surface area contributed by atoms with Gasteiger partial charge in [-0.15, -0.1) is 11.3 Å². The van der Waals surface area contributed by atoms with Crippen LogP contribution in [-0.4, -0.2) is 36.3 Å². The monoisotopic (exact) mass is 457 g/mol. The first-order valence-electron chi connectivity index (χ1n) is 9.60. The number of nitrogens with one attached hydrogen (secondary N) is 2. The number of nitrogens with zero attached hydrogens (tertiary/aromatic N) is 1. The van der Waals surface area contributed by atoms with Gasteiger partial charge in [0.15, 0.2) is 4.34 Å². The molecule has 0 bridgehead atoms. The van der Waals surface area contributed by atoms with Gasteiger partial charge in [-0.1, -0.05) is 30.0 Å². The lowest BCUT2D eigenvalue weighted by Crippen LogP contribution is -2.15. The number of para-hydroxylation sites is 2. The van der Waals surface area contributed by atoms with Crippen LogP contribution < -0.4 is 20.1 Å². The van der Waals surface area contributed by atoms with Gasteiger partial charge in [-0.2, -0.15) is 0 Å². The molecule has 0 fully saturated rings. The van der Waals surface area contributed by atoms with E-state index in [9.17, 15) is 9.59 Å². The van der Waals surface area contributed by atoms with Crippen LogP contribution in [0.2, 0.25) is 0 Å². The van der Waals surface area contributed by atoms with E-state index in [1.54, 1.807) is 25.3 Å². The van der Waals surface area contributed by atoms with E-state index in [1.807, 2.05) is 42.6 Å². The van der Waals surface area contributed by atoms with Crippen LogP contribution in [0.1, 0.15) is 12.6 Å². The number of hydrogen-bond donors (Lipinski definition) is 2. The number of thiazole rings is 1. The quantitative estimate of drug-likeness (QED) is 0.437. The number of benzene rings is 2. The number of rotatable bonds is 10. The van der Waals surface area contributed by atoms with Gasteiger partial charge >= 0.3 is 0 Å². The average molecular weight is 458 g/mol. The molecule has 0 saturated carbocycles. The third-order valence-corrected chi connectivity index (χ3v) is 6.08. The number of anilines is 2. The number of carbonyl (C=O) groups excluding carboxylic acids is 2. The number of hydrogen-bond acceptors (Lipinski definition) is 7. The number of thioether (sulfide) groups is 1. The van der Waals surface area contributed by atoms with Crippen LogP contribution in [0.15, 0.2) is 58.3 Å². The molecular weight excluding hydrogens is 434 g/mol. The van der Waals surface area contributed by atoms with Crippen LogP contribution in [0, 0.1) is 0 Å². The number of methoxy groups -OCH3 is 1. The lowest BCUT2D eigenvalue weighted by Gasteiger charge is -2.10. The van der Waals surface area contributed by atoms with Crippen molar-refractivity contribution in [3.63, 3.8) is 0 Å². The van der Waals surface area contributed by atoms with E-state index in [4.69, 9.17) is 9.47 Å². The summed E-state index contributed by atoms with van der Waals surface area (Å²) < 4.78 is 11.4. The van der Waals surface area contributed by atoms with Crippen molar-refractivity contribution in [2.75, 3.05) is 30.1 Å². The summed E-state index contributed by atoms with van der Waals surface area (Å²) in [5.41, 5.74) is 1.97. The Morgan fingerprint density at radius 2 is 1.94 bits per heavy atom. The van der Waals surface area contributed by atoms with Crippen molar-refractivity contribution in [1.29, 1.82) is 0 Å². The van der Waals surface area contributed by atoms with E-state index >= 15 is 0 Å². The second kappa shape index (κ2) is 11.4. The van der Waals surface area contributed by atoms with Gasteiger partial charge in [0.05, 0.1) is 37.3 Å². The minimum Gasteiger partial charge on any atom is -0.497 e. The van der Waals surface area contributed by atoms with Gasteiger partial charge in [0.1, 0.15) is 11.5 Å². The van der Waals surface area contributed by atoms with E-state index in [0.29, 0.717) is 35.2 Å². The molecule has 162 valence electrons. The third kappa shape index (κ3) is 7.01. The van der Waals surface area contributed by atoms with E-state index < -0.39 is 0 Å². The second-order valence-corrected chi connectivity index (χ2v) is 8.41. The van der Waals surface area contributed by atoms with Gasteiger partial charge in [-0.25, -0.2) is 4.98 Å². The maximum Gasteiger partial charge on any atom is 0.234 e. The summed E-state index contributed by atoms with van der Waals surface area (Å²) in [6.45, 7) is 2.41. The van der Waals surface area contributed by atoms with Gasteiger partial charge in [-0.3, -0.25) is 9.59 Å². The second-order valence-electron chi connectivity index (χ2n) is 6.33. The molecule has 3 aromatic rings. The van der Waals surface area contributed by atoms with E-state index in [2.05, 4.69) is 15.6 Å². The smallest absolute Gasteiger partial charge is 0.234 e. The van der Waals surface area contributed by atoms with Gasteiger partial charge in [-0.05, 0) is 31.2 Å². The summed E-state index contributed by atoms with van der Waals surface area (Å²) >= 11 is 2.74. The first kappa shape index (κ1) is 22.6. The Morgan fingerprint density at radius 1 is 1.10 bits per heavy atom. The Morgan fingerprint density at radius 3 is 2.74 bits per heavy atom. The Bertz CT molecular complexity index is 1040. The number of amides is 2. The summed E-state index contributed by atoms with van der Waals surface area (Å²) in [5, 5.41) is 7.52. The molecular formula is C22H23N3O4S2. The summed E-state index contributed by atoms with van der Waals surface area (Å²) in [6.07, 6.45) is 0.146. The van der Waals surface area contributed by atoms with Crippen molar-refractivity contribution in [3.8, 4) is 11.5 Å². The predicted octanol–water partition coefficient (Wildman–Crippen LogP) is 4.46. The van der Waals surface area contributed by atoms with E-state index in [0.717, 1.165) is 4.34 Å². The average Bonchev–Trinajstić information content (AvgIpc) is 3.21. The van der Waals surface area contributed by atoms with Crippen LogP contribution in [0.4, 0.5) is 11.4 Å². The van der Waals surface area contributed by atoms with Gasteiger partial charge in [0, 0.05) is 17.1 Å². The Balaban J connectivity index is 1.48. The van der Waals surface area contributed by atoms with Crippen LogP contribution in [0.5, 0.6) is 11.5 Å². The zero-order chi connectivity index (χ0) is 22.1. The molecule has 3 rings (SSSR count). The van der Waals surface area contributed by atoms with Crippen LogP contribution in [-0.2, 0) is 16.0 Å². The van der Waals surface area contributed by atoms with Crippen LogP contribution in [0.3, 0.4) is 0 Å². The lowest BCUT2D eigenvalue weighted by atomic mass is 10.2. The zero-order valence-corrected chi connectivity index (χ0v) is 18.8. The fraction of sp³-hybridized carbons (Fsp3) is 0.227. The molecule has 0 aliphatic heterocycles. The highest BCUT2D eigenvalue weighted by Crippen LogP contribution is 2.26. The summed E-state index contributed by atoms with van der Waals surface area (Å²) in [4.78, 5) is 29.0. The molecule has 0 spiro atoms. The number of carbonyl (C=O) groups is 2. The summed E-state index contributed by atoms with van der Waals surface area (Å²) in [5.74, 6) is 1.22. The highest BCUT2D eigenvalue weighted by atomic mass is 32.2. The maximum atomic E-state index is 12.4. The number of aromatic nitrogens is 1. The molecule has 9 heteroatoms. The highest BCUT2D eigenvalue weighted by Gasteiger charge is 2.12. The van der Waals surface area contributed by atoms with Crippen molar-refractivity contribution in [1.82, 2.24) is 4.98 Å². The lowest BCUT2D eigenvalue weighted by molar-refractivity contribution is -0.116. The minimum atomic E-state index is -0.176. The molecule has 0 atom stereocenters. The highest BCUT2D eigenvalue weighted by molar-refractivity contribution is 8.01. The van der Waals surface area contributed by atoms with Crippen LogP contribution >= 0.6 is 23.1 Å². The largest absolute Gasteiger partial charge is 0.497 e. The summed E-state index contributed by atoms with van der Waals surface area (Å²) in [7, 11) is 1.58. The van der Waals surface area contributed by atoms with Gasteiger partial charge in [0.25, 0.3) is 0 Å². The molecule has 0 aliphatic rings. The normalized spacial score (nSPS) is 10.4. The van der Waals surface area contributed by atoms with E-state index in [-0.39, 0.29) is 24.0 Å². The molecule has 0 saturated heterocycles. The molecule has 1 aromatic heterocycles. The number of ether oxygens (including phenoxy) is 2. The Labute approximate surface area is 189 Å². The maximum absolute atomic E-state index is 12.4. The predicted molar refractivity (Wildman–Crippen MR) is 124 cm³/mol. The molecule has 0 aliphatic carbocycles. The topological polar surface area (TPSA) is 89.5 Å². The SMILES string of the molecule is CCOc1ccccc1NC(=O)Cc1csc(SCC(=O)Nc2cccc(OC)c2)n1. The third-order valence-electron chi connectivity index (χ3n) is 4.01. The van der Waals surface area contributed by atoms with Crippen molar-refractivity contribution < 1.29 is 19.1 Å². The van der Waals surface area contributed by atoms with Crippen molar-refractivity contribution in [2.24, 2.45) is 0 Å². The molecule has 7 nitrogen and oxygen atoms in total.